The van der Waals surface area contributed by atoms with E-state index in [9.17, 15) is 9.18 Å². The maximum absolute atomic E-state index is 12.7. The van der Waals surface area contributed by atoms with Crippen LogP contribution in [-0.4, -0.2) is 13.0 Å². The summed E-state index contributed by atoms with van der Waals surface area (Å²) in [6, 6.07) is 3.99. The zero-order valence-corrected chi connectivity index (χ0v) is 8.96. The molecular weight excluding hydrogens is 288 g/mol. The van der Waals surface area contributed by atoms with Crippen molar-refractivity contribution in [2.24, 2.45) is 0 Å². The molecule has 0 spiro atoms. The SMILES string of the molecule is CONC(=O)c1cc(F)ccc1I. The van der Waals surface area contributed by atoms with E-state index in [-0.39, 0.29) is 5.56 Å². The van der Waals surface area contributed by atoms with E-state index in [1.54, 1.807) is 0 Å². The van der Waals surface area contributed by atoms with Gasteiger partial charge in [-0.05, 0) is 40.8 Å². The molecule has 0 atom stereocenters. The molecule has 1 rings (SSSR count). The zero-order valence-electron chi connectivity index (χ0n) is 6.80. The number of hydrogen-bond acceptors (Lipinski definition) is 2. The Kier molecular flexibility index (Phi) is 3.61. The van der Waals surface area contributed by atoms with E-state index in [0.29, 0.717) is 3.57 Å². The number of carbonyl (C=O) groups excluding carboxylic acids is 1. The lowest BCUT2D eigenvalue weighted by Gasteiger charge is -2.03. The molecule has 0 aliphatic rings. The molecule has 1 aromatic carbocycles. The quantitative estimate of drug-likeness (QED) is 0.666. The lowest BCUT2D eigenvalue weighted by atomic mass is 10.2. The summed E-state index contributed by atoms with van der Waals surface area (Å²) in [6.07, 6.45) is 0. The van der Waals surface area contributed by atoms with Crippen LogP contribution in [0.1, 0.15) is 10.4 Å². The fourth-order valence-electron chi connectivity index (χ4n) is 0.819. The number of halogens is 2. The number of amides is 1. The van der Waals surface area contributed by atoms with Crippen LogP contribution >= 0.6 is 22.6 Å². The fraction of sp³-hybridized carbons (Fsp3) is 0.125. The molecule has 0 heterocycles. The number of benzene rings is 1. The van der Waals surface area contributed by atoms with Crippen LogP contribution in [0.5, 0.6) is 0 Å². The van der Waals surface area contributed by atoms with E-state index < -0.39 is 11.7 Å². The number of hydroxylamine groups is 1. The molecule has 1 amide bonds. The van der Waals surface area contributed by atoms with Crippen molar-refractivity contribution in [1.82, 2.24) is 5.48 Å². The summed E-state index contributed by atoms with van der Waals surface area (Å²) in [5.41, 5.74) is 2.39. The summed E-state index contributed by atoms with van der Waals surface area (Å²) in [6.45, 7) is 0. The lowest BCUT2D eigenvalue weighted by molar-refractivity contribution is 0.0536. The first-order chi connectivity index (χ1) is 6.15. The summed E-state index contributed by atoms with van der Waals surface area (Å²) >= 11 is 1.95. The van der Waals surface area contributed by atoms with Gasteiger partial charge in [0.1, 0.15) is 5.82 Å². The molecular formula is C8H7FINO2. The zero-order chi connectivity index (χ0) is 9.84. The van der Waals surface area contributed by atoms with Crippen LogP contribution in [0.3, 0.4) is 0 Å². The monoisotopic (exact) mass is 295 g/mol. The van der Waals surface area contributed by atoms with Crippen LogP contribution in [0, 0.1) is 9.39 Å². The van der Waals surface area contributed by atoms with Crippen molar-refractivity contribution in [2.45, 2.75) is 0 Å². The minimum Gasteiger partial charge on any atom is -0.277 e. The van der Waals surface area contributed by atoms with Crippen molar-refractivity contribution in [3.8, 4) is 0 Å². The first-order valence-electron chi connectivity index (χ1n) is 3.43. The third-order valence-electron chi connectivity index (χ3n) is 1.37. The molecule has 0 saturated carbocycles. The number of hydrogen-bond donors (Lipinski definition) is 1. The van der Waals surface area contributed by atoms with Gasteiger partial charge < -0.3 is 0 Å². The van der Waals surface area contributed by atoms with E-state index in [2.05, 4.69) is 10.3 Å². The van der Waals surface area contributed by atoms with Gasteiger partial charge in [0.2, 0.25) is 0 Å². The van der Waals surface area contributed by atoms with Crippen LogP contribution in [0.15, 0.2) is 18.2 Å². The van der Waals surface area contributed by atoms with Crippen LogP contribution in [0.2, 0.25) is 0 Å². The molecule has 0 aliphatic carbocycles. The minimum atomic E-state index is -0.452. The van der Waals surface area contributed by atoms with Gasteiger partial charge in [-0.15, -0.1) is 0 Å². The molecule has 0 aliphatic heterocycles. The van der Waals surface area contributed by atoms with Gasteiger partial charge in [-0.2, -0.15) is 0 Å². The minimum absolute atomic E-state index is 0.266. The third-order valence-corrected chi connectivity index (χ3v) is 2.31. The van der Waals surface area contributed by atoms with Gasteiger partial charge in [0.05, 0.1) is 12.7 Å². The molecule has 0 saturated heterocycles. The van der Waals surface area contributed by atoms with E-state index in [0.717, 1.165) is 6.07 Å². The second kappa shape index (κ2) is 4.52. The summed E-state index contributed by atoms with van der Waals surface area (Å²) < 4.78 is 13.4. The molecule has 5 heteroatoms. The average Bonchev–Trinajstić information content (AvgIpc) is 2.09. The van der Waals surface area contributed by atoms with Crippen LogP contribution in [0.25, 0.3) is 0 Å². The predicted octanol–water partition coefficient (Wildman–Crippen LogP) is 1.72. The van der Waals surface area contributed by atoms with Crippen molar-refractivity contribution in [2.75, 3.05) is 7.11 Å². The Bertz CT molecular complexity index is 330. The van der Waals surface area contributed by atoms with E-state index in [1.807, 2.05) is 22.6 Å². The molecule has 0 aromatic heterocycles. The maximum Gasteiger partial charge on any atom is 0.276 e. The largest absolute Gasteiger partial charge is 0.277 e. The Hall–Kier alpha value is -0.690. The van der Waals surface area contributed by atoms with Gasteiger partial charge in [0.15, 0.2) is 0 Å². The molecule has 1 aromatic rings. The van der Waals surface area contributed by atoms with Crippen LogP contribution in [-0.2, 0) is 4.84 Å². The first kappa shape index (κ1) is 10.4. The molecule has 13 heavy (non-hydrogen) atoms. The van der Waals surface area contributed by atoms with Gasteiger partial charge in [-0.1, -0.05) is 0 Å². The summed E-state index contributed by atoms with van der Waals surface area (Å²) in [5.74, 6) is -0.895. The highest BCUT2D eigenvalue weighted by atomic mass is 127. The Balaban J connectivity index is 2.99. The molecule has 1 N–H and O–H groups in total. The van der Waals surface area contributed by atoms with Crippen LogP contribution < -0.4 is 5.48 Å². The fourth-order valence-corrected chi connectivity index (χ4v) is 1.40. The number of rotatable bonds is 2. The Morgan fingerprint density at radius 2 is 2.31 bits per heavy atom. The Morgan fingerprint density at radius 3 is 2.92 bits per heavy atom. The Labute approximate surface area is 88.4 Å². The molecule has 0 unspecified atom stereocenters. The number of carbonyl (C=O) groups is 1. The van der Waals surface area contributed by atoms with Crippen molar-refractivity contribution in [1.29, 1.82) is 0 Å². The number of nitrogens with one attached hydrogen (secondary N) is 1. The standard InChI is InChI=1S/C8H7FINO2/c1-13-11-8(12)6-4-5(9)2-3-7(6)10/h2-4H,1H3,(H,11,12). The highest BCUT2D eigenvalue weighted by molar-refractivity contribution is 14.1. The second-order valence-corrected chi connectivity index (χ2v) is 3.42. The molecule has 0 radical (unpaired) electrons. The summed E-state index contributed by atoms with van der Waals surface area (Å²) in [4.78, 5) is 15.6. The van der Waals surface area contributed by atoms with E-state index in [4.69, 9.17) is 0 Å². The summed E-state index contributed by atoms with van der Waals surface area (Å²) in [7, 11) is 1.32. The van der Waals surface area contributed by atoms with Gasteiger partial charge in [-0.3, -0.25) is 9.63 Å². The van der Waals surface area contributed by atoms with Gasteiger partial charge in [0.25, 0.3) is 5.91 Å². The molecule has 70 valence electrons. The van der Waals surface area contributed by atoms with Crippen molar-refractivity contribution in [3.05, 3.63) is 33.1 Å². The normalized spacial score (nSPS) is 9.77. The predicted molar refractivity (Wildman–Crippen MR) is 53.6 cm³/mol. The second-order valence-electron chi connectivity index (χ2n) is 2.26. The van der Waals surface area contributed by atoms with Gasteiger partial charge >= 0.3 is 0 Å². The third kappa shape index (κ3) is 2.63. The summed E-state index contributed by atoms with van der Waals surface area (Å²) in [5, 5.41) is 0. The smallest absolute Gasteiger partial charge is 0.276 e. The first-order valence-corrected chi connectivity index (χ1v) is 4.51. The molecule has 0 bridgehead atoms. The topological polar surface area (TPSA) is 38.3 Å². The van der Waals surface area contributed by atoms with Gasteiger partial charge in [-0.25, -0.2) is 9.87 Å². The van der Waals surface area contributed by atoms with Gasteiger partial charge in [0, 0.05) is 3.57 Å². The highest BCUT2D eigenvalue weighted by Gasteiger charge is 2.09. The van der Waals surface area contributed by atoms with Crippen molar-refractivity contribution in [3.63, 3.8) is 0 Å². The Morgan fingerprint density at radius 1 is 1.62 bits per heavy atom. The van der Waals surface area contributed by atoms with Crippen LogP contribution in [0.4, 0.5) is 4.39 Å². The molecule has 3 nitrogen and oxygen atoms in total. The average molecular weight is 295 g/mol. The van der Waals surface area contributed by atoms with Crippen molar-refractivity contribution >= 4 is 28.5 Å². The maximum atomic E-state index is 12.7. The van der Waals surface area contributed by atoms with E-state index in [1.165, 1.54) is 19.2 Å². The lowest BCUT2D eigenvalue weighted by Crippen LogP contribution is -2.22. The highest BCUT2D eigenvalue weighted by Crippen LogP contribution is 2.13. The van der Waals surface area contributed by atoms with Crippen molar-refractivity contribution < 1.29 is 14.0 Å². The van der Waals surface area contributed by atoms with E-state index >= 15 is 0 Å². The molecule has 0 fully saturated rings.